The fourth-order valence-electron chi connectivity index (χ4n) is 2.31. The number of carbonyl (C=O) groups excluding carboxylic acids is 1. The molecule has 1 aromatic heterocycles. The van der Waals surface area contributed by atoms with Gasteiger partial charge in [0.2, 0.25) is 5.91 Å². The molecule has 124 valence electrons. The van der Waals surface area contributed by atoms with Crippen LogP contribution in [0, 0.1) is 0 Å². The van der Waals surface area contributed by atoms with Crippen LogP contribution in [-0.4, -0.2) is 35.3 Å². The average Bonchev–Trinajstić information content (AvgIpc) is 3.02. The Hall–Kier alpha value is -2.47. The Labute approximate surface area is 145 Å². The first-order valence-electron chi connectivity index (χ1n) is 7.74. The number of aromatic amines is 1. The highest BCUT2D eigenvalue weighted by Gasteiger charge is 2.13. The first-order chi connectivity index (χ1) is 11.7. The van der Waals surface area contributed by atoms with E-state index in [1.807, 2.05) is 55.5 Å². The molecule has 0 aliphatic heterocycles. The molecule has 0 saturated heterocycles. The summed E-state index contributed by atoms with van der Waals surface area (Å²) in [6, 6.07) is 15.3. The molecular weight excluding hydrogens is 322 g/mol. The number of ether oxygens (including phenoxy) is 1. The third-order valence-electron chi connectivity index (χ3n) is 3.59. The van der Waals surface area contributed by atoms with Crippen LogP contribution in [0.3, 0.4) is 0 Å². The third kappa shape index (κ3) is 3.71. The lowest BCUT2D eigenvalue weighted by Gasteiger charge is -2.16. The highest BCUT2D eigenvalue weighted by atomic mass is 32.2. The third-order valence-corrected chi connectivity index (χ3v) is 4.45. The minimum absolute atomic E-state index is 0.0293. The zero-order valence-corrected chi connectivity index (χ0v) is 14.5. The van der Waals surface area contributed by atoms with Crippen LogP contribution >= 0.6 is 11.8 Å². The first kappa shape index (κ1) is 16.4. The first-order valence-corrected chi connectivity index (χ1v) is 8.73. The monoisotopic (exact) mass is 341 g/mol. The van der Waals surface area contributed by atoms with Crippen molar-refractivity contribution in [1.29, 1.82) is 0 Å². The summed E-state index contributed by atoms with van der Waals surface area (Å²) in [5.41, 5.74) is 2.66. The van der Waals surface area contributed by atoms with Crippen molar-refractivity contribution in [2.45, 2.75) is 12.1 Å². The average molecular weight is 341 g/mol. The van der Waals surface area contributed by atoms with Crippen LogP contribution < -0.4 is 9.64 Å². The molecule has 3 rings (SSSR count). The van der Waals surface area contributed by atoms with E-state index in [-0.39, 0.29) is 5.91 Å². The van der Waals surface area contributed by atoms with Crippen LogP contribution in [-0.2, 0) is 4.79 Å². The van der Waals surface area contributed by atoms with Crippen LogP contribution in [0.2, 0.25) is 0 Å². The van der Waals surface area contributed by atoms with Crippen molar-refractivity contribution in [3.05, 3.63) is 48.5 Å². The second-order valence-electron chi connectivity index (χ2n) is 5.23. The second kappa shape index (κ2) is 7.40. The SMILES string of the molecule is CCOc1ccc2nc(SCC(=O)N(C)c3ccccc3)[nH]c2c1. The minimum Gasteiger partial charge on any atom is -0.494 e. The number of benzene rings is 2. The number of imidazole rings is 1. The summed E-state index contributed by atoms with van der Waals surface area (Å²) in [7, 11) is 1.78. The molecule has 3 aromatic rings. The number of para-hydroxylation sites is 1. The van der Waals surface area contributed by atoms with Crippen molar-refractivity contribution in [1.82, 2.24) is 9.97 Å². The van der Waals surface area contributed by atoms with E-state index in [4.69, 9.17) is 4.74 Å². The summed E-state index contributed by atoms with van der Waals surface area (Å²) >= 11 is 1.40. The normalized spacial score (nSPS) is 10.8. The van der Waals surface area contributed by atoms with Gasteiger partial charge in [-0.25, -0.2) is 4.98 Å². The fraction of sp³-hybridized carbons (Fsp3) is 0.222. The minimum atomic E-state index is 0.0293. The molecule has 0 radical (unpaired) electrons. The van der Waals surface area contributed by atoms with Crippen molar-refractivity contribution in [3.8, 4) is 5.75 Å². The maximum Gasteiger partial charge on any atom is 0.237 e. The highest BCUT2D eigenvalue weighted by Crippen LogP contribution is 2.24. The van der Waals surface area contributed by atoms with E-state index in [0.29, 0.717) is 12.4 Å². The van der Waals surface area contributed by atoms with Gasteiger partial charge < -0.3 is 14.6 Å². The Morgan fingerprint density at radius 2 is 2.04 bits per heavy atom. The van der Waals surface area contributed by atoms with E-state index in [1.165, 1.54) is 11.8 Å². The van der Waals surface area contributed by atoms with Crippen molar-refractivity contribution in [3.63, 3.8) is 0 Å². The Bertz CT molecular complexity index is 833. The number of anilines is 1. The standard InChI is InChI=1S/C18H19N3O2S/c1-3-23-14-9-10-15-16(11-14)20-18(19-15)24-12-17(22)21(2)13-7-5-4-6-8-13/h4-11H,3,12H2,1-2H3,(H,19,20). The lowest BCUT2D eigenvalue weighted by atomic mass is 10.3. The van der Waals surface area contributed by atoms with Gasteiger partial charge in [-0.05, 0) is 31.2 Å². The zero-order chi connectivity index (χ0) is 16.9. The second-order valence-corrected chi connectivity index (χ2v) is 6.19. The molecule has 2 aromatic carbocycles. The van der Waals surface area contributed by atoms with Crippen LogP contribution in [0.4, 0.5) is 5.69 Å². The van der Waals surface area contributed by atoms with Crippen molar-refractivity contribution >= 4 is 34.4 Å². The van der Waals surface area contributed by atoms with E-state index in [9.17, 15) is 4.79 Å². The molecule has 6 heteroatoms. The Morgan fingerprint density at radius 1 is 1.25 bits per heavy atom. The molecule has 1 N–H and O–H groups in total. The van der Waals surface area contributed by atoms with Gasteiger partial charge in [-0.3, -0.25) is 4.79 Å². The zero-order valence-electron chi connectivity index (χ0n) is 13.7. The van der Waals surface area contributed by atoms with E-state index >= 15 is 0 Å². The fourth-order valence-corrected chi connectivity index (χ4v) is 3.11. The van der Waals surface area contributed by atoms with Gasteiger partial charge in [-0.1, -0.05) is 30.0 Å². The highest BCUT2D eigenvalue weighted by molar-refractivity contribution is 7.99. The number of rotatable bonds is 6. The number of nitrogens with one attached hydrogen (secondary N) is 1. The van der Waals surface area contributed by atoms with Crippen LogP contribution in [0.1, 0.15) is 6.92 Å². The lowest BCUT2D eigenvalue weighted by Crippen LogP contribution is -2.27. The van der Waals surface area contributed by atoms with Gasteiger partial charge in [0, 0.05) is 18.8 Å². The summed E-state index contributed by atoms with van der Waals surface area (Å²) in [4.78, 5) is 21.7. The summed E-state index contributed by atoms with van der Waals surface area (Å²) < 4.78 is 5.49. The van der Waals surface area contributed by atoms with Gasteiger partial charge in [-0.15, -0.1) is 0 Å². The van der Waals surface area contributed by atoms with Gasteiger partial charge in [0.05, 0.1) is 23.4 Å². The predicted octanol–water partition coefficient (Wildman–Crippen LogP) is 3.72. The van der Waals surface area contributed by atoms with Crippen LogP contribution in [0.25, 0.3) is 11.0 Å². The number of nitrogens with zero attached hydrogens (tertiary/aromatic N) is 2. The maximum absolute atomic E-state index is 12.3. The quantitative estimate of drug-likeness (QED) is 0.694. The van der Waals surface area contributed by atoms with Crippen molar-refractivity contribution in [2.24, 2.45) is 0 Å². The molecule has 0 unspecified atom stereocenters. The van der Waals surface area contributed by atoms with Crippen molar-refractivity contribution in [2.75, 3.05) is 24.3 Å². The van der Waals surface area contributed by atoms with Gasteiger partial charge in [-0.2, -0.15) is 0 Å². The molecule has 0 aliphatic rings. The Balaban J connectivity index is 1.65. The molecule has 0 aliphatic carbocycles. The van der Waals surface area contributed by atoms with Gasteiger partial charge in [0.25, 0.3) is 0 Å². The molecule has 0 atom stereocenters. The van der Waals surface area contributed by atoms with Gasteiger partial charge >= 0.3 is 0 Å². The number of hydrogen-bond acceptors (Lipinski definition) is 4. The molecule has 0 bridgehead atoms. The van der Waals surface area contributed by atoms with E-state index in [0.717, 1.165) is 27.6 Å². The van der Waals surface area contributed by atoms with Crippen LogP contribution in [0.5, 0.6) is 5.75 Å². The summed E-state index contributed by atoms with van der Waals surface area (Å²) in [6.45, 7) is 2.58. The lowest BCUT2D eigenvalue weighted by molar-refractivity contribution is -0.115. The number of aromatic nitrogens is 2. The Kier molecular flexibility index (Phi) is 5.05. The summed E-state index contributed by atoms with van der Waals surface area (Å²) in [5.74, 6) is 1.16. The van der Waals surface area contributed by atoms with Crippen LogP contribution in [0.15, 0.2) is 53.7 Å². The Morgan fingerprint density at radius 3 is 2.79 bits per heavy atom. The molecular formula is C18H19N3O2S. The van der Waals surface area contributed by atoms with E-state index < -0.39 is 0 Å². The van der Waals surface area contributed by atoms with E-state index in [1.54, 1.807) is 11.9 Å². The molecule has 5 nitrogen and oxygen atoms in total. The molecule has 0 saturated carbocycles. The van der Waals surface area contributed by atoms with Gasteiger partial charge in [0.1, 0.15) is 5.75 Å². The smallest absolute Gasteiger partial charge is 0.237 e. The number of carbonyl (C=O) groups is 1. The topological polar surface area (TPSA) is 58.2 Å². The number of H-pyrrole nitrogens is 1. The number of hydrogen-bond donors (Lipinski definition) is 1. The number of amides is 1. The maximum atomic E-state index is 12.3. The summed E-state index contributed by atoms with van der Waals surface area (Å²) in [6.07, 6.45) is 0. The molecule has 0 fully saturated rings. The van der Waals surface area contributed by atoms with Crippen molar-refractivity contribution < 1.29 is 9.53 Å². The van der Waals surface area contributed by atoms with Gasteiger partial charge in [0.15, 0.2) is 5.16 Å². The molecule has 24 heavy (non-hydrogen) atoms. The van der Waals surface area contributed by atoms with E-state index in [2.05, 4.69) is 9.97 Å². The summed E-state index contributed by atoms with van der Waals surface area (Å²) in [5, 5.41) is 0.730. The molecule has 0 spiro atoms. The molecule has 1 heterocycles. The largest absolute Gasteiger partial charge is 0.494 e. The molecule has 1 amide bonds. The number of thioether (sulfide) groups is 1. The number of fused-ring (bicyclic) bond motifs is 1. The predicted molar refractivity (Wildman–Crippen MR) is 97.8 cm³/mol.